The van der Waals surface area contributed by atoms with Gasteiger partial charge in [0.15, 0.2) is 0 Å². The van der Waals surface area contributed by atoms with Crippen molar-refractivity contribution in [2.75, 3.05) is 26.5 Å². The van der Waals surface area contributed by atoms with Gasteiger partial charge in [0, 0.05) is 0 Å². The highest BCUT2D eigenvalue weighted by molar-refractivity contribution is 7.79. The first-order valence-corrected chi connectivity index (χ1v) is 6.93. The minimum atomic E-state index is -5.19. The summed E-state index contributed by atoms with van der Waals surface area (Å²) in [5, 5.41) is 10.2. The van der Waals surface area contributed by atoms with Gasteiger partial charge in [-0.15, -0.1) is 0 Å². The molecule has 0 saturated carbocycles. The lowest BCUT2D eigenvalue weighted by atomic mass is 10.6. The highest BCUT2D eigenvalue weighted by Crippen LogP contribution is 2.36. The zero-order valence-corrected chi connectivity index (χ0v) is 10.0. The van der Waals surface area contributed by atoms with Gasteiger partial charge >= 0.3 is 12.1 Å². The van der Waals surface area contributed by atoms with Gasteiger partial charge in [-0.25, -0.2) is 5.06 Å². The number of hydroxylamine groups is 2. The van der Waals surface area contributed by atoms with Gasteiger partial charge in [-0.2, -0.15) is 13.2 Å². The van der Waals surface area contributed by atoms with E-state index in [4.69, 9.17) is 5.21 Å². The lowest BCUT2D eigenvalue weighted by molar-refractivity contribution is -0.216. The molecule has 17 heavy (non-hydrogen) atoms. The SMILES string of the molecule is CP(C)(=O)C(=O)CNCN(O)C(=O)C(F)(F)F. The van der Waals surface area contributed by atoms with Crippen LogP contribution in [-0.2, 0) is 14.2 Å². The highest BCUT2D eigenvalue weighted by atomic mass is 31.2. The van der Waals surface area contributed by atoms with E-state index in [2.05, 4.69) is 5.32 Å². The number of nitrogens with one attached hydrogen (secondary N) is 1. The fourth-order valence-electron chi connectivity index (χ4n) is 0.677. The first-order valence-electron chi connectivity index (χ1n) is 4.33. The minimum Gasteiger partial charge on any atom is -0.316 e. The number of alkyl halides is 3. The zero-order valence-electron chi connectivity index (χ0n) is 9.11. The first kappa shape index (κ1) is 16.1. The Morgan fingerprint density at radius 1 is 1.35 bits per heavy atom. The number of hydrogen-bond acceptors (Lipinski definition) is 5. The average molecular weight is 276 g/mol. The number of rotatable bonds is 5. The molecule has 0 unspecified atom stereocenters. The van der Waals surface area contributed by atoms with E-state index in [0.29, 0.717) is 0 Å². The number of hydrogen-bond donors (Lipinski definition) is 2. The monoisotopic (exact) mass is 276 g/mol. The quantitative estimate of drug-likeness (QED) is 0.330. The number of nitrogens with zero attached hydrogens (tertiary/aromatic N) is 1. The molecule has 0 aliphatic heterocycles. The smallest absolute Gasteiger partial charge is 0.316 e. The van der Waals surface area contributed by atoms with Crippen molar-refractivity contribution in [1.29, 1.82) is 0 Å². The summed E-state index contributed by atoms with van der Waals surface area (Å²) in [7, 11) is -2.98. The number of carbonyl (C=O) groups excluding carboxylic acids is 2. The number of halogens is 3. The minimum absolute atomic E-state index is 0.494. The summed E-state index contributed by atoms with van der Waals surface area (Å²) in [4.78, 5) is 21.5. The molecule has 0 aliphatic rings. The molecule has 0 heterocycles. The second-order valence-corrected chi connectivity index (χ2v) is 6.73. The predicted octanol–water partition coefficient (Wildman–Crippen LogP) is 0.463. The fourth-order valence-corrected chi connectivity index (χ4v) is 1.17. The second-order valence-electron chi connectivity index (χ2n) is 3.53. The van der Waals surface area contributed by atoms with Crippen LogP contribution >= 0.6 is 7.14 Å². The Balaban J connectivity index is 4.12. The van der Waals surface area contributed by atoms with Crippen LogP contribution in [0.4, 0.5) is 13.2 Å². The lowest BCUT2D eigenvalue weighted by Gasteiger charge is -2.17. The van der Waals surface area contributed by atoms with Crippen molar-refractivity contribution in [2.45, 2.75) is 6.18 Å². The summed E-state index contributed by atoms with van der Waals surface area (Å²) in [5.74, 6) is -2.45. The van der Waals surface area contributed by atoms with Crippen LogP contribution in [0.5, 0.6) is 0 Å². The molecule has 0 aromatic carbocycles. The van der Waals surface area contributed by atoms with Crippen LogP contribution in [0.3, 0.4) is 0 Å². The second kappa shape index (κ2) is 5.61. The van der Waals surface area contributed by atoms with E-state index < -0.39 is 43.0 Å². The fraction of sp³-hybridized carbons (Fsp3) is 0.714. The van der Waals surface area contributed by atoms with Crippen LogP contribution in [0.2, 0.25) is 0 Å². The van der Waals surface area contributed by atoms with E-state index in [0.717, 1.165) is 0 Å². The van der Waals surface area contributed by atoms with Gasteiger partial charge in [0.2, 0.25) is 5.52 Å². The summed E-state index contributed by atoms with van der Waals surface area (Å²) in [6.07, 6.45) is -5.19. The van der Waals surface area contributed by atoms with Gasteiger partial charge in [0.05, 0.1) is 13.2 Å². The topological polar surface area (TPSA) is 86.7 Å². The summed E-state index contributed by atoms with van der Waals surface area (Å²) < 4.78 is 46.5. The van der Waals surface area contributed by atoms with Gasteiger partial charge in [-0.1, -0.05) is 0 Å². The summed E-state index contributed by atoms with van der Waals surface area (Å²) in [6, 6.07) is 0. The maximum Gasteiger partial charge on any atom is 0.473 e. The molecule has 2 N–H and O–H groups in total. The molecule has 0 aromatic heterocycles. The van der Waals surface area contributed by atoms with Crippen molar-refractivity contribution in [3.63, 3.8) is 0 Å². The molecule has 0 spiro atoms. The molecule has 0 fully saturated rings. The Bertz CT molecular complexity index is 352. The highest BCUT2D eigenvalue weighted by Gasteiger charge is 2.42. The number of amides is 1. The van der Waals surface area contributed by atoms with Crippen LogP contribution < -0.4 is 5.32 Å². The molecule has 0 aromatic rings. The Kier molecular flexibility index (Phi) is 5.31. The maximum absolute atomic E-state index is 11.8. The molecule has 0 bridgehead atoms. The molecular formula is C7H12F3N2O4P. The molecule has 0 aliphatic carbocycles. The van der Waals surface area contributed by atoms with Gasteiger partial charge in [0.1, 0.15) is 7.14 Å². The van der Waals surface area contributed by atoms with Gasteiger partial charge < -0.3 is 4.57 Å². The van der Waals surface area contributed by atoms with E-state index in [-0.39, 0.29) is 0 Å². The normalized spacial score (nSPS) is 12.4. The molecule has 0 saturated heterocycles. The van der Waals surface area contributed by atoms with Crippen molar-refractivity contribution in [3.05, 3.63) is 0 Å². The van der Waals surface area contributed by atoms with Gasteiger partial charge in [-0.3, -0.25) is 20.1 Å². The zero-order chi connectivity index (χ0) is 13.9. The Labute approximate surface area is 95.1 Å². The van der Waals surface area contributed by atoms with Crippen LogP contribution in [0.15, 0.2) is 0 Å². The Morgan fingerprint density at radius 3 is 2.18 bits per heavy atom. The maximum atomic E-state index is 11.8. The Morgan fingerprint density at radius 2 is 1.82 bits per heavy atom. The third-order valence-electron chi connectivity index (χ3n) is 1.62. The Hall–Kier alpha value is -0.920. The van der Waals surface area contributed by atoms with Crippen molar-refractivity contribution < 1.29 is 32.5 Å². The molecule has 10 heteroatoms. The molecule has 0 rings (SSSR count). The van der Waals surface area contributed by atoms with Crippen LogP contribution in [0.25, 0.3) is 0 Å². The van der Waals surface area contributed by atoms with Gasteiger partial charge in [0.25, 0.3) is 0 Å². The summed E-state index contributed by atoms with van der Waals surface area (Å²) >= 11 is 0. The van der Waals surface area contributed by atoms with Crippen molar-refractivity contribution in [2.24, 2.45) is 0 Å². The molecule has 1 amide bonds. The van der Waals surface area contributed by atoms with Crippen LogP contribution in [0, 0.1) is 0 Å². The van der Waals surface area contributed by atoms with Crippen molar-refractivity contribution >= 4 is 18.6 Å². The predicted molar refractivity (Wildman–Crippen MR) is 52.0 cm³/mol. The molecular weight excluding hydrogens is 264 g/mol. The third-order valence-corrected chi connectivity index (χ3v) is 2.97. The van der Waals surface area contributed by atoms with E-state index in [1.54, 1.807) is 0 Å². The molecule has 100 valence electrons. The van der Waals surface area contributed by atoms with E-state index >= 15 is 0 Å². The molecule has 6 nitrogen and oxygen atoms in total. The largest absolute Gasteiger partial charge is 0.473 e. The number of carbonyl (C=O) groups is 2. The summed E-state index contributed by atoms with van der Waals surface area (Å²) in [5.41, 5.74) is -0.689. The van der Waals surface area contributed by atoms with Gasteiger partial charge in [-0.05, 0) is 13.3 Å². The van der Waals surface area contributed by atoms with E-state index in [1.165, 1.54) is 13.3 Å². The van der Waals surface area contributed by atoms with E-state index in [1.807, 2.05) is 0 Å². The molecule has 0 atom stereocenters. The van der Waals surface area contributed by atoms with Crippen molar-refractivity contribution in [3.8, 4) is 0 Å². The van der Waals surface area contributed by atoms with Crippen molar-refractivity contribution in [1.82, 2.24) is 10.4 Å². The molecule has 0 radical (unpaired) electrons. The first-order chi connectivity index (χ1) is 7.46. The lowest BCUT2D eigenvalue weighted by Crippen LogP contribution is -2.44. The van der Waals surface area contributed by atoms with Crippen LogP contribution in [0.1, 0.15) is 0 Å². The van der Waals surface area contributed by atoms with E-state index in [9.17, 15) is 27.3 Å². The average Bonchev–Trinajstić information content (AvgIpc) is 2.13. The summed E-state index contributed by atoms with van der Waals surface area (Å²) in [6.45, 7) is 1.03. The standard InChI is InChI=1S/C7H12F3N2O4P/c1-17(2,16)5(13)3-11-4-12(15)6(14)7(8,9)10/h11,15H,3-4H2,1-2H3. The van der Waals surface area contributed by atoms with Crippen LogP contribution in [-0.4, -0.2) is 54.4 Å². The third kappa shape index (κ3) is 5.81.